The first-order chi connectivity index (χ1) is 8.92. The summed E-state index contributed by atoms with van der Waals surface area (Å²) >= 11 is 0. The van der Waals surface area contributed by atoms with Crippen molar-refractivity contribution in [3.8, 4) is 11.5 Å². The van der Waals surface area contributed by atoms with Crippen molar-refractivity contribution in [3.63, 3.8) is 0 Å². The normalized spacial score (nSPS) is 12.3. The second kappa shape index (κ2) is 6.43. The highest BCUT2D eigenvalue weighted by Crippen LogP contribution is 2.37. The summed E-state index contributed by atoms with van der Waals surface area (Å²) < 4.78 is 9.81. The van der Waals surface area contributed by atoms with Gasteiger partial charge in [-0.2, -0.15) is 0 Å². The Labute approximate surface area is 112 Å². The van der Waals surface area contributed by atoms with Crippen molar-refractivity contribution in [3.05, 3.63) is 23.3 Å². The van der Waals surface area contributed by atoms with Gasteiger partial charge in [-0.1, -0.05) is 13.8 Å². The minimum Gasteiger partial charge on any atom is -0.504 e. The molecule has 1 atom stereocenters. The lowest BCUT2D eigenvalue weighted by Crippen LogP contribution is -2.16. The highest BCUT2D eigenvalue weighted by Gasteiger charge is 2.25. The van der Waals surface area contributed by atoms with Crippen molar-refractivity contribution >= 4 is 5.97 Å². The molecule has 5 heteroatoms. The second-order valence-electron chi connectivity index (χ2n) is 4.47. The van der Waals surface area contributed by atoms with Crippen molar-refractivity contribution in [1.29, 1.82) is 0 Å². The molecule has 2 N–H and O–H groups in total. The number of phenolic OH excluding ortho intramolecular Hbond substituents is 1. The van der Waals surface area contributed by atoms with E-state index in [1.165, 1.54) is 7.11 Å². The number of hydrogen-bond donors (Lipinski definition) is 2. The number of aliphatic hydroxyl groups is 1. The van der Waals surface area contributed by atoms with Gasteiger partial charge in [0.2, 0.25) is 0 Å². The number of ether oxygens (including phenoxy) is 2. The van der Waals surface area contributed by atoms with E-state index in [1.807, 2.05) is 13.8 Å². The summed E-state index contributed by atoms with van der Waals surface area (Å²) in [5.74, 6) is -0.636. The van der Waals surface area contributed by atoms with Gasteiger partial charge in [-0.3, -0.25) is 0 Å². The number of carbonyl (C=O) groups excluding carboxylic acids is 1. The lowest BCUT2D eigenvalue weighted by atomic mass is 9.97. The monoisotopic (exact) mass is 268 g/mol. The number of aliphatic hydroxyl groups excluding tert-OH is 1. The van der Waals surface area contributed by atoms with Crippen LogP contribution in [0.15, 0.2) is 12.1 Å². The predicted molar refractivity (Wildman–Crippen MR) is 70.3 cm³/mol. The van der Waals surface area contributed by atoms with Gasteiger partial charge in [0, 0.05) is 5.56 Å². The Morgan fingerprint density at radius 1 is 1.37 bits per heavy atom. The van der Waals surface area contributed by atoms with Gasteiger partial charge in [0.25, 0.3) is 0 Å². The van der Waals surface area contributed by atoms with Crippen LogP contribution in [0.1, 0.15) is 43.9 Å². The van der Waals surface area contributed by atoms with Crippen LogP contribution >= 0.6 is 0 Å². The number of benzene rings is 1. The molecule has 1 unspecified atom stereocenters. The topological polar surface area (TPSA) is 76.0 Å². The fraction of sp³-hybridized carbons (Fsp3) is 0.500. The van der Waals surface area contributed by atoms with Gasteiger partial charge in [-0.15, -0.1) is 0 Å². The molecule has 0 aromatic heterocycles. The molecule has 0 radical (unpaired) electrons. The molecule has 106 valence electrons. The first-order valence-corrected chi connectivity index (χ1v) is 6.17. The molecule has 1 aromatic carbocycles. The molecule has 0 saturated carbocycles. The molecule has 0 fully saturated rings. The Morgan fingerprint density at radius 2 is 2.00 bits per heavy atom. The molecule has 5 nitrogen and oxygen atoms in total. The van der Waals surface area contributed by atoms with Crippen molar-refractivity contribution in [1.82, 2.24) is 0 Å². The molecular weight excluding hydrogens is 248 g/mol. The van der Waals surface area contributed by atoms with Crippen LogP contribution in [0.25, 0.3) is 0 Å². The SMILES string of the molecule is CCOC(=O)C(O)c1cc(C(C)C)cc(O)c1OC. The van der Waals surface area contributed by atoms with E-state index < -0.39 is 12.1 Å². The lowest BCUT2D eigenvalue weighted by molar-refractivity contribution is -0.153. The van der Waals surface area contributed by atoms with Crippen LogP contribution in [0.2, 0.25) is 0 Å². The van der Waals surface area contributed by atoms with Crippen LogP contribution in [0, 0.1) is 0 Å². The zero-order valence-electron chi connectivity index (χ0n) is 11.6. The summed E-state index contributed by atoms with van der Waals surface area (Å²) in [6.07, 6.45) is -1.47. The standard InChI is InChI=1S/C14H20O5/c1-5-19-14(17)12(16)10-6-9(8(2)3)7-11(15)13(10)18-4/h6-8,12,15-16H,5H2,1-4H3. The fourth-order valence-electron chi connectivity index (χ4n) is 1.77. The van der Waals surface area contributed by atoms with E-state index >= 15 is 0 Å². The van der Waals surface area contributed by atoms with Crippen molar-refractivity contribution in [2.75, 3.05) is 13.7 Å². The molecule has 1 rings (SSSR count). The largest absolute Gasteiger partial charge is 0.504 e. The van der Waals surface area contributed by atoms with E-state index in [9.17, 15) is 15.0 Å². The van der Waals surface area contributed by atoms with Crippen molar-refractivity contribution in [2.45, 2.75) is 32.8 Å². The first-order valence-electron chi connectivity index (χ1n) is 6.17. The number of methoxy groups -OCH3 is 1. The summed E-state index contributed by atoms with van der Waals surface area (Å²) in [6.45, 7) is 5.72. The molecular formula is C14H20O5. The lowest BCUT2D eigenvalue weighted by Gasteiger charge is -2.17. The summed E-state index contributed by atoms with van der Waals surface area (Å²) in [4.78, 5) is 11.6. The Hall–Kier alpha value is -1.75. The fourth-order valence-corrected chi connectivity index (χ4v) is 1.77. The maximum absolute atomic E-state index is 11.6. The molecule has 0 bridgehead atoms. The highest BCUT2D eigenvalue weighted by molar-refractivity contribution is 5.78. The van der Waals surface area contributed by atoms with Crippen LogP contribution in [0.4, 0.5) is 0 Å². The average Bonchev–Trinajstić information content (AvgIpc) is 2.36. The van der Waals surface area contributed by atoms with Crippen molar-refractivity contribution in [2.24, 2.45) is 0 Å². The van der Waals surface area contributed by atoms with E-state index in [4.69, 9.17) is 9.47 Å². The summed E-state index contributed by atoms with van der Waals surface area (Å²) in [5.41, 5.74) is 1.02. The van der Waals surface area contributed by atoms with Crippen LogP contribution in [-0.4, -0.2) is 29.9 Å². The van der Waals surface area contributed by atoms with Crippen molar-refractivity contribution < 1.29 is 24.5 Å². The Bertz CT molecular complexity index is 453. The minimum absolute atomic E-state index is 0.0879. The molecule has 0 spiro atoms. The molecule has 0 saturated heterocycles. The second-order valence-corrected chi connectivity index (χ2v) is 4.47. The third kappa shape index (κ3) is 3.38. The summed E-state index contributed by atoms with van der Waals surface area (Å²) in [6, 6.07) is 3.20. The van der Waals surface area contributed by atoms with Gasteiger partial charge in [-0.25, -0.2) is 4.79 Å². The van der Waals surface area contributed by atoms with Crippen LogP contribution in [0.3, 0.4) is 0 Å². The van der Waals surface area contributed by atoms with E-state index in [0.717, 1.165) is 5.56 Å². The smallest absolute Gasteiger partial charge is 0.339 e. The van der Waals surface area contributed by atoms with Gasteiger partial charge in [0.15, 0.2) is 17.6 Å². The van der Waals surface area contributed by atoms with Gasteiger partial charge in [0.1, 0.15) is 0 Å². The third-order valence-electron chi connectivity index (χ3n) is 2.80. The number of esters is 1. The molecule has 0 aliphatic heterocycles. The van der Waals surface area contributed by atoms with Gasteiger partial charge in [0.05, 0.1) is 13.7 Å². The van der Waals surface area contributed by atoms with E-state index in [1.54, 1.807) is 19.1 Å². The van der Waals surface area contributed by atoms with Gasteiger partial charge >= 0.3 is 5.97 Å². The highest BCUT2D eigenvalue weighted by atomic mass is 16.5. The quantitative estimate of drug-likeness (QED) is 0.800. The molecule has 0 heterocycles. The number of carbonyl (C=O) groups is 1. The van der Waals surface area contributed by atoms with Gasteiger partial charge < -0.3 is 19.7 Å². The van der Waals surface area contributed by atoms with E-state index in [0.29, 0.717) is 0 Å². The molecule has 0 amide bonds. The molecule has 1 aromatic rings. The Kier molecular flexibility index (Phi) is 5.18. The van der Waals surface area contributed by atoms with E-state index in [-0.39, 0.29) is 29.6 Å². The van der Waals surface area contributed by atoms with Crippen LogP contribution in [0.5, 0.6) is 11.5 Å². The number of hydrogen-bond acceptors (Lipinski definition) is 5. The number of rotatable bonds is 5. The predicted octanol–water partition coefficient (Wildman–Crippen LogP) is 2.12. The maximum Gasteiger partial charge on any atom is 0.339 e. The minimum atomic E-state index is -1.47. The van der Waals surface area contributed by atoms with Crippen LogP contribution in [-0.2, 0) is 9.53 Å². The zero-order chi connectivity index (χ0) is 14.6. The van der Waals surface area contributed by atoms with E-state index in [2.05, 4.69) is 0 Å². The first kappa shape index (κ1) is 15.3. The maximum atomic E-state index is 11.6. The van der Waals surface area contributed by atoms with Crippen LogP contribution < -0.4 is 4.74 Å². The van der Waals surface area contributed by atoms with Gasteiger partial charge in [-0.05, 0) is 30.5 Å². The number of aromatic hydroxyl groups is 1. The summed E-state index contributed by atoms with van der Waals surface area (Å²) in [5, 5.41) is 19.9. The Morgan fingerprint density at radius 3 is 2.47 bits per heavy atom. The number of phenols is 1. The molecule has 0 aliphatic carbocycles. The zero-order valence-corrected chi connectivity index (χ0v) is 11.6. The third-order valence-corrected chi connectivity index (χ3v) is 2.80. The molecule has 0 aliphatic rings. The molecule has 19 heavy (non-hydrogen) atoms. The summed E-state index contributed by atoms with van der Waals surface area (Å²) in [7, 11) is 1.37. The average molecular weight is 268 g/mol. The Balaban J connectivity index is 3.26.